The number of rotatable bonds is 10. The second kappa shape index (κ2) is 10.6. The molecule has 6 nitrogen and oxygen atoms in total. The first kappa shape index (κ1) is 22.4. The number of hydrogen-bond donors (Lipinski definition) is 2. The second-order valence-electron chi connectivity index (χ2n) is 7.66. The van der Waals surface area contributed by atoms with Crippen LogP contribution in [0.4, 0.5) is 4.39 Å². The predicted octanol–water partition coefficient (Wildman–Crippen LogP) is 3.70. The third-order valence-electron chi connectivity index (χ3n) is 4.85. The van der Waals surface area contributed by atoms with Crippen molar-refractivity contribution in [2.24, 2.45) is 5.92 Å². The molecular formula is C24H26FN3O3. The number of fused-ring (bicyclic) bond motifs is 1. The Morgan fingerprint density at radius 2 is 1.94 bits per heavy atom. The van der Waals surface area contributed by atoms with Gasteiger partial charge in [0.15, 0.2) is 0 Å². The van der Waals surface area contributed by atoms with E-state index in [1.807, 2.05) is 38.1 Å². The quantitative estimate of drug-likeness (QED) is 0.384. The third-order valence-corrected chi connectivity index (χ3v) is 4.85. The Morgan fingerprint density at radius 1 is 1.16 bits per heavy atom. The zero-order chi connectivity index (χ0) is 22.2. The molecule has 1 aromatic heterocycles. The van der Waals surface area contributed by atoms with Gasteiger partial charge in [-0.15, -0.1) is 0 Å². The molecule has 3 rings (SSSR count). The summed E-state index contributed by atoms with van der Waals surface area (Å²) in [5.41, 5.74) is 2.65. The third kappa shape index (κ3) is 6.08. The zero-order valence-electron chi connectivity index (χ0n) is 17.6. The Labute approximate surface area is 180 Å². The fourth-order valence-corrected chi connectivity index (χ4v) is 3.41. The lowest BCUT2D eigenvalue weighted by Crippen LogP contribution is -2.45. The van der Waals surface area contributed by atoms with Crippen LogP contribution in [0.15, 0.2) is 54.7 Å². The maximum Gasteiger partial charge on any atom is 0.243 e. The fraction of sp³-hybridized carbons (Fsp3) is 0.292. The van der Waals surface area contributed by atoms with Crippen molar-refractivity contribution in [2.75, 3.05) is 13.2 Å². The van der Waals surface area contributed by atoms with Gasteiger partial charge in [-0.3, -0.25) is 19.9 Å². The highest BCUT2D eigenvalue weighted by Gasteiger charge is 2.18. The van der Waals surface area contributed by atoms with Gasteiger partial charge in [-0.05, 0) is 59.9 Å². The Morgan fingerprint density at radius 3 is 2.65 bits per heavy atom. The molecule has 0 spiro atoms. The number of nitrogens with zero attached hydrogens (tertiary/aromatic N) is 1. The highest BCUT2D eigenvalue weighted by atomic mass is 19.1. The van der Waals surface area contributed by atoms with Gasteiger partial charge in [-0.25, -0.2) is 4.39 Å². The van der Waals surface area contributed by atoms with Crippen molar-refractivity contribution in [3.05, 3.63) is 60.5 Å². The Bertz CT molecular complexity index is 1040. The van der Waals surface area contributed by atoms with Crippen LogP contribution >= 0.6 is 0 Å². The molecule has 0 fully saturated rings. The number of imide groups is 1. The van der Waals surface area contributed by atoms with E-state index in [2.05, 4.69) is 15.6 Å². The Kier molecular flexibility index (Phi) is 7.67. The second-order valence-corrected chi connectivity index (χ2v) is 7.66. The summed E-state index contributed by atoms with van der Waals surface area (Å²) in [5.74, 6) is 0.345. The number of carbonyl (C=O) groups excluding carboxylic acids is 2. The van der Waals surface area contributed by atoms with Crippen molar-refractivity contribution in [1.82, 2.24) is 15.6 Å². The van der Waals surface area contributed by atoms with Gasteiger partial charge in [-0.1, -0.05) is 26.0 Å². The maximum absolute atomic E-state index is 13.3. The van der Waals surface area contributed by atoms with Crippen molar-refractivity contribution in [3.63, 3.8) is 0 Å². The van der Waals surface area contributed by atoms with Crippen LogP contribution in [0.2, 0.25) is 0 Å². The van der Waals surface area contributed by atoms with Crippen LogP contribution in [0.1, 0.15) is 20.3 Å². The van der Waals surface area contributed by atoms with E-state index in [1.54, 1.807) is 18.3 Å². The lowest BCUT2D eigenvalue weighted by Gasteiger charge is -2.19. The summed E-state index contributed by atoms with van der Waals surface area (Å²) in [4.78, 5) is 27.0. The molecule has 0 saturated carbocycles. The maximum atomic E-state index is 13.3. The monoisotopic (exact) mass is 423 g/mol. The van der Waals surface area contributed by atoms with Gasteiger partial charge in [0.25, 0.3) is 0 Å². The van der Waals surface area contributed by atoms with Crippen LogP contribution < -0.4 is 15.4 Å². The number of hydrogen-bond acceptors (Lipinski definition) is 5. The fourth-order valence-electron chi connectivity index (χ4n) is 3.41. The van der Waals surface area contributed by atoms with E-state index in [9.17, 15) is 14.0 Å². The number of aromatic nitrogens is 1. The van der Waals surface area contributed by atoms with Gasteiger partial charge >= 0.3 is 0 Å². The first-order valence-electron chi connectivity index (χ1n) is 10.2. The molecule has 2 aromatic carbocycles. The number of pyridine rings is 1. The number of carbonyl (C=O) groups is 2. The number of benzene rings is 2. The lowest BCUT2D eigenvalue weighted by atomic mass is 10.0. The van der Waals surface area contributed by atoms with E-state index in [1.165, 1.54) is 12.1 Å². The number of ether oxygens (including phenoxy) is 1. The predicted molar refractivity (Wildman–Crippen MR) is 118 cm³/mol. The van der Waals surface area contributed by atoms with Crippen LogP contribution in [0, 0.1) is 11.7 Å². The van der Waals surface area contributed by atoms with Crippen LogP contribution in [-0.2, 0) is 9.59 Å². The molecule has 7 heteroatoms. The SMILES string of the molecule is CC(C)C[C@H](NCCOc1ccc2nccc(-c3ccc(F)cc3)c2c1)C(=O)NC=O. The molecule has 0 unspecified atom stereocenters. The van der Waals surface area contributed by atoms with E-state index in [0.717, 1.165) is 22.0 Å². The summed E-state index contributed by atoms with van der Waals surface area (Å²) >= 11 is 0. The van der Waals surface area contributed by atoms with Crippen LogP contribution in [0.5, 0.6) is 5.75 Å². The minimum atomic E-state index is -0.459. The highest BCUT2D eigenvalue weighted by Crippen LogP contribution is 2.30. The number of nitrogens with one attached hydrogen (secondary N) is 2. The van der Waals surface area contributed by atoms with Gasteiger partial charge in [0, 0.05) is 18.1 Å². The molecule has 0 aliphatic rings. The van der Waals surface area contributed by atoms with E-state index in [0.29, 0.717) is 37.6 Å². The highest BCUT2D eigenvalue weighted by molar-refractivity contribution is 5.95. The van der Waals surface area contributed by atoms with E-state index in [4.69, 9.17) is 4.74 Å². The molecule has 1 atom stereocenters. The first-order chi connectivity index (χ1) is 15.0. The van der Waals surface area contributed by atoms with Crippen LogP contribution in [-0.4, -0.2) is 36.5 Å². The molecule has 162 valence electrons. The zero-order valence-corrected chi connectivity index (χ0v) is 17.6. The average Bonchev–Trinajstić information content (AvgIpc) is 2.76. The van der Waals surface area contributed by atoms with Gasteiger partial charge in [-0.2, -0.15) is 0 Å². The van der Waals surface area contributed by atoms with Crippen molar-refractivity contribution in [2.45, 2.75) is 26.3 Å². The molecule has 1 heterocycles. The Balaban J connectivity index is 1.68. The first-order valence-corrected chi connectivity index (χ1v) is 10.2. The molecule has 2 amide bonds. The summed E-state index contributed by atoms with van der Waals surface area (Å²) in [6.07, 6.45) is 2.74. The lowest BCUT2D eigenvalue weighted by molar-refractivity contribution is -0.127. The van der Waals surface area contributed by atoms with E-state index in [-0.39, 0.29) is 11.7 Å². The smallest absolute Gasteiger partial charge is 0.243 e. The summed E-state index contributed by atoms with van der Waals surface area (Å²) in [7, 11) is 0. The van der Waals surface area contributed by atoms with Crippen molar-refractivity contribution in [1.29, 1.82) is 0 Å². The van der Waals surface area contributed by atoms with E-state index < -0.39 is 6.04 Å². The summed E-state index contributed by atoms with van der Waals surface area (Å²) in [5, 5.41) is 6.25. The molecule has 2 N–H and O–H groups in total. The van der Waals surface area contributed by atoms with E-state index >= 15 is 0 Å². The summed E-state index contributed by atoms with van der Waals surface area (Å²) in [6.45, 7) is 4.82. The van der Waals surface area contributed by atoms with Crippen LogP contribution in [0.3, 0.4) is 0 Å². The number of halogens is 1. The molecule has 0 radical (unpaired) electrons. The molecule has 0 aliphatic carbocycles. The van der Waals surface area contributed by atoms with Crippen molar-refractivity contribution < 1.29 is 18.7 Å². The minimum absolute atomic E-state index is 0.281. The molecular weight excluding hydrogens is 397 g/mol. The largest absolute Gasteiger partial charge is 0.492 e. The summed E-state index contributed by atoms with van der Waals surface area (Å²) < 4.78 is 19.2. The topological polar surface area (TPSA) is 80.3 Å². The van der Waals surface area contributed by atoms with Gasteiger partial charge in [0.2, 0.25) is 12.3 Å². The average molecular weight is 423 g/mol. The van der Waals surface area contributed by atoms with Crippen molar-refractivity contribution >= 4 is 23.2 Å². The standard InChI is InChI=1S/C24H26FN3O3/c1-16(2)13-23(24(30)28-15-29)27-11-12-31-19-7-8-22-21(14-19)20(9-10-26-22)17-3-5-18(25)6-4-17/h3-10,14-16,23,27H,11-13H2,1-2H3,(H,28,29,30)/t23-/m0/s1. The van der Waals surface area contributed by atoms with Crippen LogP contribution in [0.25, 0.3) is 22.0 Å². The minimum Gasteiger partial charge on any atom is -0.492 e. The molecule has 0 bridgehead atoms. The molecule has 3 aromatic rings. The Hall–Kier alpha value is -3.32. The normalized spacial score (nSPS) is 12.0. The molecule has 0 saturated heterocycles. The number of amides is 2. The van der Waals surface area contributed by atoms with Gasteiger partial charge in [0.05, 0.1) is 11.6 Å². The van der Waals surface area contributed by atoms with Gasteiger partial charge < -0.3 is 10.1 Å². The summed E-state index contributed by atoms with van der Waals surface area (Å²) in [6, 6.07) is 13.4. The van der Waals surface area contributed by atoms with Crippen molar-refractivity contribution in [3.8, 4) is 16.9 Å². The molecule has 0 aliphatic heterocycles. The van der Waals surface area contributed by atoms with Gasteiger partial charge in [0.1, 0.15) is 18.2 Å². The molecule has 31 heavy (non-hydrogen) atoms.